The second kappa shape index (κ2) is 10.7. The summed E-state index contributed by atoms with van der Waals surface area (Å²) in [4.78, 5) is 37.7. The molecule has 6 N–H and O–H groups in total. The predicted molar refractivity (Wildman–Crippen MR) is 85.2 cm³/mol. The highest BCUT2D eigenvalue weighted by atomic mass is 16.6. The highest BCUT2D eigenvalue weighted by molar-refractivity contribution is 5.64. The number of aliphatic hydroxyl groups excluding tert-OH is 5. The van der Waals surface area contributed by atoms with Crippen molar-refractivity contribution in [3.63, 3.8) is 0 Å². The number of carbonyl (C=O) groups excluding carboxylic acids is 1. The van der Waals surface area contributed by atoms with Crippen molar-refractivity contribution in [3.05, 3.63) is 42.5 Å². The van der Waals surface area contributed by atoms with Gasteiger partial charge in [-0.1, -0.05) is 0 Å². The number of nitro groups is 3. The molecule has 0 aliphatic carbocycles. The number of rotatable bonds is 8. The molecule has 0 saturated carbocycles. The predicted octanol–water partition coefficient (Wildman–Crippen LogP) is -2.26. The number of aldehydes is 1. The number of benzene rings is 1. The van der Waals surface area contributed by atoms with Crippen molar-refractivity contribution < 1.29 is 50.2 Å². The van der Waals surface area contributed by atoms with Gasteiger partial charge in [-0.3, -0.25) is 30.3 Å². The number of non-ortho nitro benzene ring substituents is 1. The van der Waals surface area contributed by atoms with E-state index in [4.69, 9.17) is 30.6 Å². The van der Waals surface area contributed by atoms with Gasteiger partial charge in [-0.2, -0.15) is 0 Å². The Kier molecular flexibility index (Phi) is 9.48. The van der Waals surface area contributed by atoms with Gasteiger partial charge in [-0.15, -0.1) is 0 Å². The Morgan fingerprint density at radius 3 is 1.61 bits per heavy atom. The molecule has 0 unspecified atom stereocenters. The summed E-state index contributed by atoms with van der Waals surface area (Å²) in [5.74, 6) is -1.21. The fraction of sp³-hybridized carbons (Fsp3) is 0.417. The van der Waals surface area contributed by atoms with Crippen LogP contribution >= 0.6 is 0 Å². The van der Waals surface area contributed by atoms with E-state index in [1.165, 1.54) is 0 Å². The molecule has 1 aromatic carbocycles. The van der Waals surface area contributed by atoms with Crippen LogP contribution in [0.4, 0.5) is 17.1 Å². The van der Waals surface area contributed by atoms with E-state index >= 15 is 0 Å². The average molecular weight is 409 g/mol. The molecule has 0 amide bonds. The molecule has 0 spiro atoms. The van der Waals surface area contributed by atoms with Gasteiger partial charge in [0.25, 0.3) is 11.4 Å². The normalized spacial score (nSPS) is 14.6. The third-order valence-corrected chi connectivity index (χ3v) is 3.08. The van der Waals surface area contributed by atoms with Gasteiger partial charge < -0.3 is 35.4 Å². The monoisotopic (exact) mass is 409 g/mol. The van der Waals surface area contributed by atoms with Crippen LogP contribution in [0, 0.1) is 30.3 Å². The zero-order chi connectivity index (χ0) is 22.2. The van der Waals surface area contributed by atoms with Gasteiger partial charge in [0, 0.05) is 0 Å². The van der Waals surface area contributed by atoms with Crippen molar-refractivity contribution in [1.29, 1.82) is 0 Å². The maximum absolute atomic E-state index is 10.4. The molecule has 0 aromatic heterocycles. The number of hydrogen-bond acceptors (Lipinski definition) is 13. The molecular formula is C12H15N3O13. The number of nitro benzene ring substituents is 3. The lowest BCUT2D eigenvalue weighted by Gasteiger charge is -2.22. The third-order valence-electron chi connectivity index (χ3n) is 3.08. The van der Waals surface area contributed by atoms with Crippen LogP contribution in [-0.4, -0.2) is 82.7 Å². The highest BCUT2D eigenvalue weighted by Crippen LogP contribution is 2.38. The van der Waals surface area contributed by atoms with Crippen LogP contribution in [0.15, 0.2) is 12.1 Å². The molecule has 0 radical (unpaired) electrons. The number of aliphatic hydroxyl groups is 5. The number of aromatic hydroxyl groups is 1. The largest absolute Gasteiger partial charge is 0.497 e. The molecule has 0 aliphatic heterocycles. The molecule has 0 bridgehead atoms. The minimum Gasteiger partial charge on any atom is -0.497 e. The average Bonchev–Trinajstić information content (AvgIpc) is 2.65. The Labute approximate surface area is 154 Å². The van der Waals surface area contributed by atoms with E-state index in [0.29, 0.717) is 12.1 Å². The van der Waals surface area contributed by atoms with E-state index in [1.807, 2.05) is 0 Å². The SMILES string of the molecule is O=C[C@H](O)[C@@H](O)[C@H](O)[C@H](O)CO.O=[N+]([O-])c1cc([N+](=O)[O-])c(O)c([N+](=O)[O-])c1. The van der Waals surface area contributed by atoms with Gasteiger partial charge in [0.1, 0.15) is 24.4 Å². The van der Waals surface area contributed by atoms with Crippen LogP contribution in [0.25, 0.3) is 0 Å². The van der Waals surface area contributed by atoms with E-state index in [2.05, 4.69) is 0 Å². The molecule has 156 valence electrons. The Bertz CT molecular complexity index is 704. The van der Waals surface area contributed by atoms with Crippen LogP contribution in [-0.2, 0) is 4.79 Å². The number of carbonyl (C=O) groups is 1. The lowest BCUT2D eigenvalue weighted by atomic mass is 10.0. The van der Waals surface area contributed by atoms with Crippen molar-refractivity contribution in [2.75, 3.05) is 6.61 Å². The van der Waals surface area contributed by atoms with Crippen molar-refractivity contribution in [2.45, 2.75) is 24.4 Å². The summed E-state index contributed by atoms with van der Waals surface area (Å²) in [6.45, 7) is -0.760. The number of phenolic OH excluding ortho intramolecular Hbond substituents is 1. The standard InChI is InChI=1S/C6H3N3O7.C6H12O6/c10-6-4(8(13)14)1-3(7(11)12)2-5(6)9(15)16;7-1-3(9)5(11)6(12)4(10)2-8/h1-2,10H;1,3-6,8-12H,2H2/t;3-,4+,5+,6+/m.0/s1. The molecule has 1 rings (SSSR count). The maximum Gasteiger partial charge on any atom is 0.324 e. The van der Waals surface area contributed by atoms with E-state index < -0.39 is 68.6 Å². The van der Waals surface area contributed by atoms with E-state index in [-0.39, 0.29) is 6.29 Å². The summed E-state index contributed by atoms with van der Waals surface area (Å²) in [6.07, 6.45) is -6.84. The van der Waals surface area contributed by atoms with Crippen LogP contribution in [0.1, 0.15) is 0 Å². The first kappa shape index (κ1) is 24.7. The van der Waals surface area contributed by atoms with Gasteiger partial charge in [0.05, 0.1) is 33.5 Å². The van der Waals surface area contributed by atoms with Crippen LogP contribution in [0.3, 0.4) is 0 Å². The highest BCUT2D eigenvalue weighted by Gasteiger charge is 2.30. The molecular weight excluding hydrogens is 394 g/mol. The molecule has 1 aromatic rings. The van der Waals surface area contributed by atoms with Crippen molar-refractivity contribution in [1.82, 2.24) is 0 Å². The zero-order valence-corrected chi connectivity index (χ0v) is 13.6. The van der Waals surface area contributed by atoms with Crippen molar-refractivity contribution in [3.8, 4) is 5.75 Å². The molecule has 16 heteroatoms. The first-order valence-corrected chi connectivity index (χ1v) is 6.97. The molecule has 4 atom stereocenters. The fourth-order valence-electron chi connectivity index (χ4n) is 1.59. The number of nitrogens with zero attached hydrogens (tertiary/aromatic N) is 3. The summed E-state index contributed by atoms with van der Waals surface area (Å²) in [7, 11) is 0. The Morgan fingerprint density at radius 2 is 1.32 bits per heavy atom. The van der Waals surface area contributed by atoms with Gasteiger partial charge >= 0.3 is 11.4 Å². The fourth-order valence-corrected chi connectivity index (χ4v) is 1.59. The van der Waals surface area contributed by atoms with Gasteiger partial charge in [-0.05, 0) is 0 Å². The second-order valence-electron chi connectivity index (χ2n) is 4.96. The number of hydrogen-bond donors (Lipinski definition) is 6. The lowest BCUT2D eigenvalue weighted by molar-refractivity contribution is -0.404. The molecule has 0 heterocycles. The van der Waals surface area contributed by atoms with E-state index in [0.717, 1.165) is 0 Å². The van der Waals surface area contributed by atoms with Gasteiger partial charge in [0.15, 0.2) is 6.29 Å². The Balaban J connectivity index is 0.000000546. The lowest BCUT2D eigenvalue weighted by Crippen LogP contribution is -2.46. The first-order valence-electron chi connectivity index (χ1n) is 6.97. The summed E-state index contributed by atoms with van der Waals surface area (Å²) in [6, 6.07) is 0.894. The molecule has 0 aliphatic rings. The summed E-state index contributed by atoms with van der Waals surface area (Å²) in [5, 5.41) is 83.8. The summed E-state index contributed by atoms with van der Waals surface area (Å²) in [5.41, 5.74) is -3.00. The van der Waals surface area contributed by atoms with Gasteiger partial charge in [0.2, 0.25) is 0 Å². The topological polar surface area (TPSA) is 268 Å². The molecule has 16 nitrogen and oxygen atoms in total. The molecule has 28 heavy (non-hydrogen) atoms. The second-order valence-corrected chi connectivity index (χ2v) is 4.96. The Hall–Kier alpha value is -3.31. The summed E-state index contributed by atoms with van der Waals surface area (Å²) >= 11 is 0. The van der Waals surface area contributed by atoms with E-state index in [1.54, 1.807) is 0 Å². The van der Waals surface area contributed by atoms with Crippen LogP contribution in [0.5, 0.6) is 5.75 Å². The van der Waals surface area contributed by atoms with Crippen LogP contribution < -0.4 is 0 Å². The zero-order valence-electron chi connectivity index (χ0n) is 13.6. The molecule has 0 fully saturated rings. The minimum atomic E-state index is -1.79. The maximum atomic E-state index is 10.4. The van der Waals surface area contributed by atoms with Crippen molar-refractivity contribution in [2.24, 2.45) is 0 Å². The van der Waals surface area contributed by atoms with Crippen LogP contribution in [0.2, 0.25) is 0 Å². The van der Waals surface area contributed by atoms with Crippen molar-refractivity contribution >= 4 is 23.3 Å². The van der Waals surface area contributed by atoms with E-state index in [9.17, 15) is 35.1 Å². The smallest absolute Gasteiger partial charge is 0.324 e. The number of phenols is 1. The third kappa shape index (κ3) is 6.45. The molecule has 0 saturated heterocycles. The van der Waals surface area contributed by atoms with Gasteiger partial charge in [-0.25, -0.2) is 0 Å². The quantitative estimate of drug-likeness (QED) is 0.150. The Morgan fingerprint density at radius 1 is 0.893 bits per heavy atom. The summed E-state index contributed by atoms with van der Waals surface area (Å²) < 4.78 is 0. The minimum absolute atomic E-state index is 0.0258. The first-order chi connectivity index (χ1) is 12.9.